The number of hydrogen-bond acceptors (Lipinski definition) is 2. The van der Waals surface area contributed by atoms with Crippen molar-refractivity contribution in [2.24, 2.45) is 0 Å². The third-order valence-corrected chi connectivity index (χ3v) is 3.64. The zero-order valence-corrected chi connectivity index (χ0v) is 12.2. The number of halogens is 2. The normalized spacial score (nSPS) is 10.2. The van der Waals surface area contributed by atoms with Crippen LogP contribution >= 0.6 is 27.5 Å². The van der Waals surface area contributed by atoms with Crippen LogP contribution in [-0.2, 0) is 6.54 Å². The number of hydrogen-bond donors (Lipinski definition) is 2. The lowest BCUT2D eigenvalue weighted by Crippen LogP contribution is -2.06. The van der Waals surface area contributed by atoms with Crippen molar-refractivity contribution in [2.45, 2.75) is 6.54 Å². The van der Waals surface area contributed by atoms with Gasteiger partial charge in [0.15, 0.2) is 0 Å². The van der Waals surface area contributed by atoms with Gasteiger partial charge in [-0.15, -0.1) is 0 Å². The van der Waals surface area contributed by atoms with E-state index in [2.05, 4.69) is 21.2 Å². The molecule has 0 atom stereocenters. The first-order valence-corrected chi connectivity index (χ1v) is 6.75. The third kappa shape index (κ3) is 3.49. The quantitative estimate of drug-likeness (QED) is 0.866. The van der Waals surface area contributed by atoms with Gasteiger partial charge in [0.2, 0.25) is 0 Å². The molecule has 2 N–H and O–H groups in total. The monoisotopic (exact) mass is 339 g/mol. The van der Waals surface area contributed by atoms with Crippen LogP contribution in [0.2, 0.25) is 5.02 Å². The average molecular weight is 341 g/mol. The minimum atomic E-state index is -0.951. The van der Waals surface area contributed by atoms with Gasteiger partial charge in [0, 0.05) is 21.7 Å². The summed E-state index contributed by atoms with van der Waals surface area (Å²) in [6, 6.07) is 12.3. The Hall–Kier alpha value is -1.52. The lowest BCUT2D eigenvalue weighted by Gasteiger charge is -2.11. The van der Waals surface area contributed by atoms with Gasteiger partial charge in [-0.25, -0.2) is 4.79 Å². The fraction of sp³-hybridized carbons (Fsp3) is 0.0714. The Morgan fingerprint density at radius 1 is 1.26 bits per heavy atom. The molecule has 0 saturated carbocycles. The smallest absolute Gasteiger partial charge is 0.337 e. The first-order chi connectivity index (χ1) is 9.08. The van der Waals surface area contributed by atoms with Crippen LogP contribution in [0.3, 0.4) is 0 Å². The molecular weight excluding hydrogens is 330 g/mol. The standard InChI is InChI=1S/C14H11BrClNO2/c15-12-6-5-10(16)7-9(12)8-17-13-4-2-1-3-11(13)14(18)19/h1-7,17H,8H2,(H,18,19). The van der Waals surface area contributed by atoms with E-state index >= 15 is 0 Å². The summed E-state index contributed by atoms with van der Waals surface area (Å²) in [4.78, 5) is 11.1. The molecule has 5 heteroatoms. The molecule has 0 spiro atoms. The van der Waals surface area contributed by atoms with E-state index in [9.17, 15) is 4.79 Å². The van der Waals surface area contributed by atoms with Gasteiger partial charge in [0.25, 0.3) is 0 Å². The number of aromatic carboxylic acids is 1. The van der Waals surface area contributed by atoms with Gasteiger partial charge in [-0.2, -0.15) is 0 Å². The van der Waals surface area contributed by atoms with Gasteiger partial charge >= 0.3 is 5.97 Å². The maximum Gasteiger partial charge on any atom is 0.337 e. The summed E-state index contributed by atoms with van der Waals surface area (Å²) in [6.45, 7) is 0.492. The molecule has 0 fully saturated rings. The van der Waals surface area contributed by atoms with Crippen molar-refractivity contribution in [1.82, 2.24) is 0 Å². The number of carboxylic acids is 1. The summed E-state index contributed by atoms with van der Waals surface area (Å²) in [5.74, 6) is -0.951. The molecule has 0 bridgehead atoms. The number of benzene rings is 2. The SMILES string of the molecule is O=C(O)c1ccccc1NCc1cc(Cl)ccc1Br. The molecule has 0 saturated heterocycles. The highest BCUT2D eigenvalue weighted by Crippen LogP contribution is 2.23. The minimum Gasteiger partial charge on any atom is -0.478 e. The summed E-state index contributed by atoms with van der Waals surface area (Å²) in [6.07, 6.45) is 0. The average Bonchev–Trinajstić information content (AvgIpc) is 2.40. The van der Waals surface area contributed by atoms with E-state index in [1.165, 1.54) is 0 Å². The lowest BCUT2D eigenvalue weighted by atomic mass is 10.1. The topological polar surface area (TPSA) is 49.3 Å². The lowest BCUT2D eigenvalue weighted by molar-refractivity contribution is 0.0698. The van der Waals surface area contributed by atoms with Crippen molar-refractivity contribution < 1.29 is 9.90 Å². The molecular formula is C14H11BrClNO2. The van der Waals surface area contributed by atoms with Crippen LogP contribution in [0.4, 0.5) is 5.69 Å². The zero-order chi connectivity index (χ0) is 13.8. The van der Waals surface area contributed by atoms with Crippen LogP contribution in [0.15, 0.2) is 46.9 Å². The molecule has 3 nitrogen and oxygen atoms in total. The predicted molar refractivity (Wildman–Crippen MR) is 79.9 cm³/mol. The second-order valence-electron chi connectivity index (χ2n) is 3.94. The molecule has 98 valence electrons. The fourth-order valence-corrected chi connectivity index (χ4v) is 2.27. The number of nitrogens with one attached hydrogen (secondary N) is 1. The van der Waals surface area contributed by atoms with Gasteiger partial charge in [0.1, 0.15) is 0 Å². The zero-order valence-electron chi connectivity index (χ0n) is 9.86. The van der Waals surface area contributed by atoms with Crippen LogP contribution in [-0.4, -0.2) is 11.1 Å². The Bertz CT molecular complexity index is 616. The highest BCUT2D eigenvalue weighted by Gasteiger charge is 2.09. The van der Waals surface area contributed by atoms with E-state index in [0.717, 1.165) is 10.0 Å². The van der Waals surface area contributed by atoms with E-state index in [0.29, 0.717) is 17.3 Å². The number of para-hydroxylation sites is 1. The predicted octanol–water partition coefficient (Wildman–Crippen LogP) is 4.41. The van der Waals surface area contributed by atoms with E-state index in [1.807, 2.05) is 12.1 Å². The van der Waals surface area contributed by atoms with E-state index in [1.54, 1.807) is 30.3 Å². The largest absolute Gasteiger partial charge is 0.478 e. The molecule has 2 aromatic carbocycles. The first kappa shape index (κ1) is 13.9. The molecule has 2 rings (SSSR count). The Morgan fingerprint density at radius 3 is 2.74 bits per heavy atom. The minimum absolute atomic E-state index is 0.251. The maximum atomic E-state index is 11.1. The van der Waals surface area contributed by atoms with Crippen molar-refractivity contribution in [3.8, 4) is 0 Å². The number of carboxylic acid groups (broad SMARTS) is 1. The van der Waals surface area contributed by atoms with Crippen molar-refractivity contribution in [3.63, 3.8) is 0 Å². The Morgan fingerprint density at radius 2 is 2.00 bits per heavy atom. The summed E-state index contributed by atoms with van der Waals surface area (Å²) in [5, 5.41) is 12.8. The highest BCUT2D eigenvalue weighted by molar-refractivity contribution is 9.10. The molecule has 0 unspecified atom stereocenters. The van der Waals surface area contributed by atoms with Crippen LogP contribution < -0.4 is 5.32 Å². The van der Waals surface area contributed by atoms with Crippen molar-refractivity contribution in [3.05, 3.63) is 63.1 Å². The number of rotatable bonds is 4. The summed E-state index contributed by atoms with van der Waals surface area (Å²) in [5.41, 5.74) is 1.80. The second-order valence-corrected chi connectivity index (χ2v) is 5.23. The van der Waals surface area contributed by atoms with Crippen molar-refractivity contribution >= 4 is 39.2 Å². The molecule has 0 aliphatic rings. The molecule has 0 aliphatic heterocycles. The van der Waals surface area contributed by atoms with E-state index in [-0.39, 0.29) is 5.56 Å². The van der Waals surface area contributed by atoms with Crippen LogP contribution in [0, 0.1) is 0 Å². The molecule has 2 aromatic rings. The summed E-state index contributed by atoms with van der Waals surface area (Å²) in [7, 11) is 0. The van der Waals surface area contributed by atoms with E-state index in [4.69, 9.17) is 16.7 Å². The van der Waals surface area contributed by atoms with Crippen LogP contribution in [0.25, 0.3) is 0 Å². The second kappa shape index (κ2) is 6.08. The van der Waals surface area contributed by atoms with Crippen LogP contribution in [0.1, 0.15) is 15.9 Å². The van der Waals surface area contributed by atoms with Gasteiger partial charge in [-0.05, 0) is 35.9 Å². The first-order valence-electron chi connectivity index (χ1n) is 5.58. The maximum absolute atomic E-state index is 11.1. The molecule has 19 heavy (non-hydrogen) atoms. The van der Waals surface area contributed by atoms with Crippen molar-refractivity contribution in [2.75, 3.05) is 5.32 Å². The number of carbonyl (C=O) groups is 1. The van der Waals surface area contributed by atoms with Crippen LogP contribution in [0.5, 0.6) is 0 Å². The van der Waals surface area contributed by atoms with Gasteiger partial charge in [-0.1, -0.05) is 39.7 Å². The summed E-state index contributed by atoms with van der Waals surface area (Å²) >= 11 is 9.37. The van der Waals surface area contributed by atoms with Gasteiger partial charge < -0.3 is 10.4 Å². The Balaban J connectivity index is 2.19. The molecule has 0 aliphatic carbocycles. The Kier molecular flexibility index (Phi) is 4.45. The third-order valence-electron chi connectivity index (χ3n) is 2.63. The molecule has 0 amide bonds. The molecule has 0 heterocycles. The van der Waals surface area contributed by atoms with E-state index < -0.39 is 5.97 Å². The summed E-state index contributed by atoms with van der Waals surface area (Å²) < 4.78 is 0.928. The molecule has 0 aromatic heterocycles. The number of anilines is 1. The van der Waals surface area contributed by atoms with Gasteiger partial charge in [0.05, 0.1) is 5.56 Å². The highest BCUT2D eigenvalue weighted by atomic mass is 79.9. The Labute approximate surface area is 124 Å². The molecule has 0 radical (unpaired) electrons. The van der Waals surface area contributed by atoms with Gasteiger partial charge in [-0.3, -0.25) is 0 Å². The van der Waals surface area contributed by atoms with Crippen molar-refractivity contribution in [1.29, 1.82) is 0 Å². The fourth-order valence-electron chi connectivity index (χ4n) is 1.69.